The van der Waals surface area contributed by atoms with Gasteiger partial charge in [0, 0.05) is 0 Å². The smallest absolute Gasteiger partial charge is 0.166 e. The molecule has 0 unspecified atom stereocenters. The van der Waals surface area contributed by atoms with Crippen LogP contribution >= 0.6 is 0 Å². The first kappa shape index (κ1) is 13.6. The van der Waals surface area contributed by atoms with Gasteiger partial charge in [0.25, 0.3) is 0 Å². The van der Waals surface area contributed by atoms with Gasteiger partial charge in [0.1, 0.15) is 5.75 Å². The van der Waals surface area contributed by atoms with E-state index in [9.17, 15) is 4.39 Å². The summed E-state index contributed by atoms with van der Waals surface area (Å²) in [5, 5.41) is 8.95. The predicted octanol–water partition coefficient (Wildman–Crippen LogP) is 4.04. The Morgan fingerprint density at radius 1 is 1.05 bits per heavy atom. The second kappa shape index (κ2) is 5.41. The average Bonchev–Trinajstić information content (AvgIpc) is 2.37. The van der Waals surface area contributed by atoms with Crippen LogP contribution in [0.3, 0.4) is 0 Å². The molecule has 2 aromatic rings. The summed E-state index contributed by atoms with van der Waals surface area (Å²) < 4.78 is 19.5. The van der Waals surface area contributed by atoms with Gasteiger partial charge in [-0.1, -0.05) is 12.1 Å². The molecule has 0 spiro atoms. The lowest BCUT2D eigenvalue weighted by molar-refractivity contribution is 0.281. The number of benzene rings is 2. The van der Waals surface area contributed by atoms with E-state index in [1.54, 1.807) is 6.07 Å². The first-order chi connectivity index (χ1) is 9.01. The van der Waals surface area contributed by atoms with Gasteiger partial charge in [-0.25, -0.2) is 4.39 Å². The number of rotatable bonds is 3. The van der Waals surface area contributed by atoms with Gasteiger partial charge in [0.15, 0.2) is 11.6 Å². The van der Waals surface area contributed by atoms with Gasteiger partial charge in [-0.3, -0.25) is 0 Å². The molecule has 2 aromatic carbocycles. The molecule has 0 aliphatic heterocycles. The molecule has 0 aromatic heterocycles. The van der Waals surface area contributed by atoms with E-state index in [0.717, 1.165) is 16.7 Å². The summed E-state index contributed by atoms with van der Waals surface area (Å²) in [6, 6.07) is 8.43. The van der Waals surface area contributed by atoms with Crippen LogP contribution in [-0.2, 0) is 6.61 Å². The first-order valence-corrected chi connectivity index (χ1v) is 6.16. The fraction of sp³-hybridized carbons (Fsp3) is 0.250. The lowest BCUT2D eigenvalue weighted by Gasteiger charge is -2.13. The molecule has 0 saturated carbocycles. The monoisotopic (exact) mass is 260 g/mol. The Hall–Kier alpha value is -1.87. The van der Waals surface area contributed by atoms with E-state index in [-0.39, 0.29) is 12.4 Å². The molecule has 0 aliphatic carbocycles. The minimum absolute atomic E-state index is 0.172. The van der Waals surface area contributed by atoms with Gasteiger partial charge < -0.3 is 9.84 Å². The second-order valence-electron chi connectivity index (χ2n) is 4.73. The maximum absolute atomic E-state index is 13.8. The van der Waals surface area contributed by atoms with E-state index < -0.39 is 5.82 Å². The van der Waals surface area contributed by atoms with Crippen molar-refractivity contribution in [3.05, 3.63) is 58.4 Å². The van der Waals surface area contributed by atoms with Crippen molar-refractivity contribution >= 4 is 0 Å². The molecule has 2 nitrogen and oxygen atoms in total. The van der Waals surface area contributed by atoms with Crippen LogP contribution in [0.5, 0.6) is 11.5 Å². The highest BCUT2D eigenvalue weighted by Gasteiger charge is 2.09. The molecule has 3 heteroatoms. The number of aliphatic hydroxyl groups is 1. The molecule has 0 atom stereocenters. The van der Waals surface area contributed by atoms with Crippen LogP contribution in [0.1, 0.15) is 22.3 Å². The normalized spacial score (nSPS) is 10.6. The summed E-state index contributed by atoms with van der Waals surface area (Å²) in [4.78, 5) is 0. The van der Waals surface area contributed by atoms with Crippen molar-refractivity contribution < 1.29 is 14.2 Å². The van der Waals surface area contributed by atoms with Crippen molar-refractivity contribution in [1.82, 2.24) is 0 Å². The number of aliphatic hydroxyl groups excluding tert-OH is 1. The van der Waals surface area contributed by atoms with Gasteiger partial charge >= 0.3 is 0 Å². The Labute approximate surface area is 112 Å². The molecule has 19 heavy (non-hydrogen) atoms. The number of hydrogen-bond donors (Lipinski definition) is 1. The molecule has 1 N–H and O–H groups in total. The number of hydrogen-bond acceptors (Lipinski definition) is 2. The maximum Gasteiger partial charge on any atom is 0.166 e. The molecule has 0 saturated heterocycles. The van der Waals surface area contributed by atoms with Crippen molar-refractivity contribution in [2.75, 3.05) is 0 Å². The molecule has 0 aliphatic rings. The van der Waals surface area contributed by atoms with Gasteiger partial charge in [-0.2, -0.15) is 0 Å². The Balaban J connectivity index is 2.36. The lowest BCUT2D eigenvalue weighted by Crippen LogP contribution is -1.95. The fourth-order valence-corrected chi connectivity index (χ4v) is 1.95. The molecule has 0 radical (unpaired) electrons. The summed E-state index contributed by atoms with van der Waals surface area (Å²) in [6.45, 7) is 5.74. The van der Waals surface area contributed by atoms with Crippen LogP contribution in [0.4, 0.5) is 4.39 Å². The van der Waals surface area contributed by atoms with Crippen molar-refractivity contribution in [3.63, 3.8) is 0 Å². The largest absolute Gasteiger partial charge is 0.454 e. The van der Waals surface area contributed by atoms with E-state index in [4.69, 9.17) is 9.84 Å². The molecule has 0 fully saturated rings. The third-order valence-corrected chi connectivity index (χ3v) is 3.16. The quantitative estimate of drug-likeness (QED) is 0.902. The zero-order chi connectivity index (χ0) is 14.0. The summed E-state index contributed by atoms with van der Waals surface area (Å²) in [6.07, 6.45) is 0. The number of halogens is 1. The van der Waals surface area contributed by atoms with Gasteiger partial charge in [-0.05, 0) is 61.2 Å². The van der Waals surface area contributed by atoms with E-state index in [0.29, 0.717) is 11.3 Å². The minimum atomic E-state index is -0.467. The molecular weight excluding hydrogens is 243 g/mol. The molecular formula is C16H17FO2. The van der Waals surface area contributed by atoms with E-state index >= 15 is 0 Å². The topological polar surface area (TPSA) is 29.5 Å². The molecule has 0 heterocycles. The standard InChI is InChI=1S/C16H17FO2/c1-10-6-11(2)12(3)16(7-10)19-15-5-4-13(9-18)8-14(15)17/h4-8,18H,9H2,1-3H3. The highest BCUT2D eigenvalue weighted by molar-refractivity contribution is 5.44. The maximum atomic E-state index is 13.8. The van der Waals surface area contributed by atoms with Crippen molar-refractivity contribution in [1.29, 1.82) is 0 Å². The molecule has 0 bridgehead atoms. The Morgan fingerprint density at radius 2 is 1.79 bits per heavy atom. The fourth-order valence-electron chi connectivity index (χ4n) is 1.95. The van der Waals surface area contributed by atoms with Crippen LogP contribution in [0.25, 0.3) is 0 Å². The summed E-state index contributed by atoms with van der Waals surface area (Å²) >= 11 is 0. The first-order valence-electron chi connectivity index (χ1n) is 6.16. The van der Waals surface area contributed by atoms with Crippen LogP contribution in [0, 0.1) is 26.6 Å². The number of ether oxygens (including phenoxy) is 1. The number of aryl methyl sites for hydroxylation is 2. The van der Waals surface area contributed by atoms with Crippen molar-refractivity contribution in [2.45, 2.75) is 27.4 Å². The van der Waals surface area contributed by atoms with E-state index in [2.05, 4.69) is 6.07 Å². The van der Waals surface area contributed by atoms with Crippen molar-refractivity contribution in [2.24, 2.45) is 0 Å². The molecule has 2 rings (SSSR count). The minimum Gasteiger partial charge on any atom is -0.454 e. The zero-order valence-corrected chi connectivity index (χ0v) is 11.3. The summed E-state index contributed by atoms with van der Waals surface area (Å²) in [5.41, 5.74) is 3.71. The third-order valence-electron chi connectivity index (χ3n) is 3.16. The van der Waals surface area contributed by atoms with Crippen LogP contribution in [0.2, 0.25) is 0 Å². The van der Waals surface area contributed by atoms with Gasteiger partial charge in [0.2, 0.25) is 0 Å². The highest BCUT2D eigenvalue weighted by atomic mass is 19.1. The van der Waals surface area contributed by atoms with Crippen LogP contribution in [0.15, 0.2) is 30.3 Å². The average molecular weight is 260 g/mol. The molecule has 100 valence electrons. The summed E-state index contributed by atoms with van der Waals surface area (Å²) in [7, 11) is 0. The van der Waals surface area contributed by atoms with Gasteiger partial charge in [-0.15, -0.1) is 0 Å². The Kier molecular flexibility index (Phi) is 3.86. The molecule has 0 amide bonds. The van der Waals surface area contributed by atoms with Crippen LogP contribution < -0.4 is 4.74 Å². The zero-order valence-electron chi connectivity index (χ0n) is 11.3. The van der Waals surface area contributed by atoms with Crippen LogP contribution in [-0.4, -0.2) is 5.11 Å². The Bertz CT molecular complexity index is 606. The second-order valence-corrected chi connectivity index (χ2v) is 4.73. The highest BCUT2D eigenvalue weighted by Crippen LogP contribution is 2.30. The lowest BCUT2D eigenvalue weighted by atomic mass is 10.1. The SMILES string of the molecule is Cc1cc(C)c(C)c(Oc2ccc(CO)cc2F)c1. The summed E-state index contributed by atoms with van der Waals surface area (Å²) in [5.74, 6) is 0.364. The van der Waals surface area contributed by atoms with Crippen molar-refractivity contribution in [3.8, 4) is 11.5 Å². The third kappa shape index (κ3) is 2.93. The van der Waals surface area contributed by atoms with E-state index in [1.807, 2.05) is 26.8 Å². The Morgan fingerprint density at radius 3 is 2.42 bits per heavy atom. The predicted molar refractivity (Wildman–Crippen MR) is 73.0 cm³/mol. The van der Waals surface area contributed by atoms with E-state index in [1.165, 1.54) is 12.1 Å². The van der Waals surface area contributed by atoms with Gasteiger partial charge in [0.05, 0.1) is 6.61 Å².